The molecule has 11 heteroatoms. The lowest BCUT2D eigenvalue weighted by atomic mass is 9.96. The summed E-state index contributed by atoms with van der Waals surface area (Å²) in [5.41, 5.74) is 3.51. The zero-order valence-corrected chi connectivity index (χ0v) is 27.6. The second-order valence-electron chi connectivity index (χ2n) is 11.2. The number of hydrogen-bond acceptors (Lipinski definition) is 8. The number of amides is 1. The Kier molecular flexibility index (Phi) is 10.6. The van der Waals surface area contributed by atoms with Crippen LogP contribution in [-0.2, 0) is 9.53 Å². The molecule has 1 aliphatic heterocycles. The lowest BCUT2D eigenvalue weighted by Gasteiger charge is -2.27. The van der Waals surface area contributed by atoms with Crippen LogP contribution in [0.15, 0.2) is 58.4 Å². The third-order valence-electron chi connectivity index (χ3n) is 7.63. The molecular weight excluding hydrogens is 608 g/mol. The van der Waals surface area contributed by atoms with Crippen LogP contribution < -0.4 is 19.8 Å². The summed E-state index contributed by atoms with van der Waals surface area (Å²) >= 11 is 6.66. The Morgan fingerprint density at radius 1 is 1.04 bits per heavy atom. The molecule has 0 aliphatic carbocycles. The number of halogens is 1. The van der Waals surface area contributed by atoms with Crippen molar-refractivity contribution in [3.63, 3.8) is 0 Å². The van der Waals surface area contributed by atoms with Crippen molar-refractivity contribution < 1.29 is 23.7 Å². The van der Waals surface area contributed by atoms with Crippen molar-refractivity contribution >= 4 is 34.6 Å². The van der Waals surface area contributed by atoms with E-state index in [1.807, 2.05) is 45.0 Å². The van der Waals surface area contributed by atoms with Crippen LogP contribution in [0.25, 0.3) is 22.3 Å². The van der Waals surface area contributed by atoms with Gasteiger partial charge in [-0.05, 0) is 79.8 Å². The zero-order valence-electron chi connectivity index (χ0n) is 26.8. The molecule has 0 radical (unpaired) electrons. The Balaban J connectivity index is 1.55. The summed E-state index contributed by atoms with van der Waals surface area (Å²) in [4.78, 5) is 33.2. The van der Waals surface area contributed by atoms with Gasteiger partial charge in [0.25, 0.3) is 11.5 Å². The van der Waals surface area contributed by atoms with Gasteiger partial charge < -0.3 is 23.8 Å². The van der Waals surface area contributed by atoms with Crippen LogP contribution in [0, 0.1) is 6.92 Å². The Bertz CT molecular complexity index is 1810. The fraction of sp³-hybridized carbons (Fsp3) is 0.371. The minimum Gasteiger partial charge on any atom is -0.494 e. The first-order valence-electron chi connectivity index (χ1n) is 15.5. The lowest BCUT2D eigenvalue weighted by molar-refractivity contribution is -0.137. The van der Waals surface area contributed by atoms with Crippen molar-refractivity contribution in [3.05, 3.63) is 80.6 Å². The number of rotatable bonds is 11. The Labute approximate surface area is 273 Å². The van der Waals surface area contributed by atoms with E-state index in [1.165, 1.54) is 10.9 Å². The fourth-order valence-corrected chi connectivity index (χ4v) is 5.58. The number of fused-ring (bicyclic) bond motifs is 1. The normalized spacial score (nSPS) is 13.5. The van der Waals surface area contributed by atoms with E-state index >= 15 is 0 Å². The van der Waals surface area contributed by atoms with Gasteiger partial charge in [0.15, 0.2) is 23.9 Å². The average Bonchev–Trinajstić information content (AvgIpc) is 3.04. The van der Waals surface area contributed by atoms with E-state index in [0.29, 0.717) is 67.6 Å². The van der Waals surface area contributed by atoms with Crippen LogP contribution in [0.5, 0.6) is 17.2 Å². The van der Waals surface area contributed by atoms with Gasteiger partial charge in [-0.15, -0.1) is 0 Å². The first-order valence-corrected chi connectivity index (χ1v) is 15.9. The van der Waals surface area contributed by atoms with E-state index in [9.17, 15) is 9.59 Å². The predicted octanol–water partition coefficient (Wildman–Crippen LogP) is 6.07. The molecule has 3 aromatic carbocycles. The number of carbonyl (C=O) groups excluding carboxylic acids is 1. The SMILES string of the molecule is CCOc1cc(C)c(-c2nc3ccccc3c(=O)n2N=Cc2cc(Cl)c(OCC(=O)N3CCOCC3)c(OCC)c2)cc1C(C)C. The van der Waals surface area contributed by atoms with E-state index < -0.39 is 0 Å². The zero-order chi connectivity index (χ0) is 32.8. The highest BCUT2D eigenvalue weighted by atomic mass is 35.5. The van der Waals surface area contributed by atoms with Crippen molar-refractivity contribution in [2.24, 2.45) is 5.10 Å². The van der Waals surface area contributed by atoms with E-state index in [4.69, 9.17) is 35.5 Å². The topological polar surface area (TPSA) is 104 Å². The van der Waals surface area contributed by atoms with Gasteiger partial charge in [-0.2, -0.15) is 9.78 Å². The van der Waals surface area contributed by atoms with Gasteiger partial charge in [0.2, 0.25) is 0 Å². The first-order chi connectivity index (χ1) is 22.2. The molecule has 1 aromatic heterocycles. The van der Waals surface area contributed by atoms with Gasteiger partial charge in [0.1, 0.15) is 5.75 Å². The van der Waals surface area contributed by atoms with Crippen LogP contribution in [-0.4, -0.2) is 72.8 Å². The van der Waals surface area contributed by atoms with Crippen LogP contribution in [0.1, 0.15) is 50.3 Å². The average molecular weight is 647 g/mol. The quantitative estimate of drug-likeness (QED) is 0.182. The number of morpholine rings is 1. The highest BCUT2D eigenvalue weighted by Gasteiger charge is 2.21. The monoisotopic (exact) mass is 646 g/mol. The number of para-hydroxylation sites is 1. The molecule has 4 aromatic rings. The number of hydrogen-bond donors (Lipinski definition) is 0. The minimum atomic E-state index is -0.311. The van der Waals surface area contributed by atoms with Gasteiger partial charge in [-0.3, -0.25) is 9.59 Å². The fourth-order valence-electron chi connectivity index (χ4n) is 5.30. The Morgan fingerprint density at radius 3 is 2.48 bits per heavy atom. The number of carbonyl (C=O) groups is 1. The second kappa shape index (κ2) is 14.8. The highest BCUT2D eigenvalue weighted by molar-refractivity contribution is 6.32. The van der Waals surface area contributed by atoms with Gasteiger partial charge >= 0.3 is 0 Å². The van der Waals surface area contributed by atoms with Crippen molar-refractivity contribution in [1.82, 2.24) is 14.6 Å². The molecule has 10 nitrogen and oxygen atoms in total. The molecule has 0 N–H and O–H groups in total. The van der Waals surface area contributed by atoms with Gasteiger partial charge in [0.05, 0.1) is 48.6 Å². The molecule has 0 saturated carbocycles. The van der Waals surface area contributed by atoms with Crippen molar-refractivity contribution in [2.45, 2.75) is 40.5 Å². The van der Waals surface area contributed by atoms with E-state index in [1.54, 1.807) is 29.2 Å². The van der Waals surface area contributed by atoms with Gasteiger partial charge in [0, 0.05) is 18.7 Å². The van der Waals surface area contributed by atoms with Crippen LogP contribution in [0.2, 0.25) is 5.02 Å². The smallest absolute Gasteiger partial charge is 0.282 e. The van der Waals surface area contributed by atoms with Gasteiger partial charge in [-0.25, -0.2) is 4.98 Å². The number of nitrogens with zero attached hydrogens (tertiary/aromatic N) is 4. The molecule has 0 bridgehead atoms. The summed E-state index contributed by atoms with van der Waals surface area (Å²) in [6.07, 6.45) is 1.53. The summed E-state index contributed by atoms with van der Waals surface area (Å²) < 4.78 is 24.3. The molecule has 1 saturated heterocycles. The molecule has 1 fully saturated rings. The molecule has 242 valence electrons. The van der Waals surface area contributed by atoms with E-state index in [2.05, 4.69) is 18.9 Å². The summed E-state index contributed by atoms with van der Waals surface area (Å²) in [6, 6.07) is 14.6. The molecule has 0 spiro atoms. The number of benzene rings is 3. The van der Waals surface area contributed by atoms with Crippen molar-refractivity contribution in [2.75, 3.05) is 46.1 Å². The number of aromatic nitrogens is 2. The number of aryl methyl sites for hydroxylation is 1. The largest absolute Gasteiger partial charge is 0.494 e. The molecule has 1 amide bonds. The summed E-state index contributed by atoms with van der Waals surface area (Å²) in [6.45, 7) is 12.7. The summed E-state index contributed by atoms with van der Waals surface area (Å²) in [7, 11) is 0. The third-order valence-corrected chi connectivity index (χ3v) is 7.91. The van der Waals surface area contributed by atoms with Crippen molar-refractivity contribution in [1.29, 1.82) is 0 Å². The van der Waals surface area contributed by atoms with Gasteiger partial charge in [-0.1, -0.05) is 37.6 Å². The van der Waals surface area contributed by atoms with Crippen LogP contribution in [0.3, 0.4) is 0 Å². The highest BCUT2D eigenvalue weighted by Crippen LogP contribution is 2.37. The molecule has 0 atom stereocenters. The number of ether oxygens (including phenoxy) is 4. The lowest BCUT2D eigenvalue weighted by Crippen LogP contribution is -2.43. The molecule has 5 rings (SSSR count). The third kappa shape index (κ3) is 7.18. The summed E-state index contributed by atoms with van der Waals surface area (Å²) in [5.74, 6) is 1.85. The predicted molar refractivity (Wildman–Crippen MR) is 180 cm³/mol. The van der Waals surface area contributed by atoms with Crippen LogP contribution >= 0.6 is 11.6 Å². The second-order valence-corrected chi connectivity index (χ2v) is 11.6. The maximum atomic E-state index is 13.9. The molecule has 0 unspecified atom stereocenters. The maximum absolute atomic E-state index is 13.9. The maximum Gasteiger partial charge on any atom is 0.282 e. The van der Waals surface area contributed by atoms with Crippen molar-refractivity contribution in [3.8, 4) is 28.6 Å². The molecular formula is C35H39ClN4O6. The van der Waals surface area contributed by atoms with E-state index in [0.717, 1.165) is 22.4 Å². The first kappa shape index (κ1) is 33.0. The molecule has 1 aliphatic rings. The van der Waals surface area contributed by atoms with Crippen LogP contribution in [0.4, 0.5) is 0 Å². The molecule has 2 heterocycles. The summed E-state index contributed by atoms with van der Waals surface area (Å²) in [5, 5.41) is 5.33. The van der Waals surface area contributed by atoms with E-state index in [-0.39, 0.29) is 34.8 Å². The Hall–Kier alpha value is -4.41. The minimum absolute atomic E-state index is 0.159. The standard InChI is InChI=1S/C35H39ClN4O6/c1-6-44-30-16-23(5)27(19-26(30)22(3)4)34-38-29-11-9-8-10-25(29)35(42)40(34)37-20-24-17-28(36)33(31(18-24)45-7-2)46-21-32(41)39-12-14-43-15-13-39/h8-11,16-20,22H,6-7,12-15,21H2,1-5H3. The Morgan fingerprint density at radius 2 is 1.76 bits per heavy atom. The molecule has 46 heavy (non-hydrogen) atoms.